The van der Waals surface area contributed by atoms with Crippen molar-refractivity contribution in [2.75, 3.05) is 0 Å². The van der Waals surface area contributed by atoms with Crippen LogP contribution in [0.5, 0.6) is 0 Å². The third-order valence-electron chi connectivity index (χ3n) is 0. The first-order chi connectivity index (χ1) is 2.00. The number of phosphoric acid groups is 1. The Morgan fingerprint density at radius 3 is 1.17 bits per heavy atom. The van der Waals surface area contributed by atoms with Crippen LogP contribution in [0.25, 0.3) is 0 Å². The molecule has 0 aromatic heterocycles. The minimum Gasteiger partial charge on any atom is -0.303 e. The molecule has 6 heavy (non-hydrogen) atoms. The summed E-state index contributed by atoms with van der Waals surface area (Å²) in [6.07, 6.45) is 0. The van der Waals surface area contributed by atoms with E-state index in [2.05, 4.69) is 0 Å². The quantitative estimate of drug-likeness (QED) is 0.226. The number of rotatable bonds is 0. The first-order valence-electron chi connectivity index (χ1n) is 0.783. The first kappa shape index (κ1) is 10.2. The second-order valence-electron chi connectivity index (χ2n) is 0.513. The smallest absolute Gasteiger partial charge is 0.303 e. The molecule has 0 rings (SSSR count). The van der Waals surface area contributed by atoms with Gasteiger partial charge in [0.15, 0.2) is 0 Å². The molecule has 0 spiro atoms. The minimum absolute atomic E-state index is 0. The average molecular weight is 122 g/mol. The van der Waals surface area contributed by atoms with E-state index >= 15 is 0 Å². The van der Waals surface area contributed by atoms with Crippen molar-refractivity contribution in [1.82, 2.24) is 0 Å². The predicted octanol–water partition coefficient (Wildman–Crippen LogP) is -3.92. The van der Waals surface area contributed by atoms with Gasteiger partial charge in [-0.2, -0.15) is 0 Å². The Kier molecular flexibility index (Phi) is 5.35. The normalized spacial score (nSPS) is 9.83. The Morgan fingerprint density at radius 2 is 1.17 bits per heavy atom. The van der Waals surface area contributed by atoms with Crippen LogP contribution in [0.15, 0.2) is 0 Å². The molecule has 0 unspecified atom stereocenters. The van der Waals surface area contributed by atoms with Crippen LogP contribution in [0, 0.1) is 0 Å². The summed E-state index contributed by atoms with van der Waals surface area (Å²) in [5, 5.41) is 0. The van der Waals surface area contributed by atoms with E-state index in [1.807, 2.05) is 0 Å². The van der Waals surface area contributed by atoms with Gasteiger partial charge in [-0.3, -0.25) is 0 Å². The van der Waals surface area contributed by atoms with Gasteiger partial charge in [0.05, 0.1) is 0 Å². The van der Waals surface area contributed by atoms with E-state index in [0.717, 1.165) is 0 Å². The van der Waals surface area contributed by atoms with Crippen molar-refractivity contribution in [3.63, 3.8) is 0 Å². The fourth-order valence-electron chi connectivity index (χ4n) is 0. The number of hydrogen-bond donors (Lipinski definition) is 3. The van der Waals surface area contributed by atoms with Crippen molar-refractivity contribution >= 4 is 7.82 Å². The van der Waals surface area contributed by atoms with Gasteiger partial charge in [-0.1, -0.05) is 0 Å². The van der Waals surface area contributed by atoms with E-state index in [-0.39, 0.29) is 29.6 Å². The maximum absolute atomic E-state index is 8.88. The zero-order valence-electron chi connectivity index (χ0n) is 3.20. The minimum atomic E-state index is -4.64. The van der Waals surface area contributed by atoms with E-state index in [0.29, 0.717) is 0 Å². The molecule has 6 heteroatoms. The fourth-order valence-corrected chi connectivity index (χ4v) is 0. The molecule has 32 valence electrons. The van der Waals surface area contributed by atoms with Crippen LogP contribution in [0.3, 0.4) is 0 Å². The van der Waals surface area contributed by atoms with Crippen LogP contribution in [0.2, 0.25) is 0 Å². The van der Waals surface area contributed by atoms with E-state index in [1.165, 1.54) is 0 Å². The second kappa shape index (κ2) is 3.16. The molecule has 0 aliphatic heterocycles. The van der Waals surface area contributed by atoms with Gasteiger partial charge in [0.25, 0.3) is 0 Å². The summed E-state index contributed by atoms with van der Waals surface area (Å²) in [5.74, 6) is 0. The topological polar surface area (TPSA) is 77.8 Å². The van der Waals surface area contributed by atoms with Crippen LogP contribution in [-0.4, -0.2) is 14.7 Å². The predicted molar refractivity (Wildman–Crippen MR) is 14.3 cm³/mol. The van der Waals surface area contributed by atoms with Gasteiger partial charge >= 0.3 is 37.4 Å². The van der Waals surface area contributed by atoms with Gasteiger partial charge in [0, 0.05) is 0 Å². The van der Waals surface area contributed by atoms with Crippen LogP contribution in [0.1, 0.15) is 0 Å². The molecule has 0 atom stereocenters. The molecule has 0 bridgehead atoms. The van der Waals surface area contributed by atoms with E-state index in [9.17, 15) is 0 Å². The molecule has 0 heterocycles. The Hall–Kier alpha value is 1.11. The molecule has 0 radical (unpaired) electrons. The summed E-state index contributed by atoms with van der Waals surface area (Å²) < 4.78 is 8.88. The van der Waals surface area contributed by atoms with Gasteiger partial charge < -0.3 is 14.7 Å². The van der Waals surface area contributed by atoms with Gasteiger partial charge in [-0.15, -0.1) is 0 Å². The van der Waals surface area contributed by atoms with Gasteiger partial charge in [0.2, 0.25) is 0 Å². The van der Waals surface area contributed by atoms with E-state index < -0.39 is 7.82 Å². The first-order valence-corrected chi connectivity index (χ1v) is 2.35. The van der Waals surface area contributed by atoms with Crippen molar-refractivity contribution in [2.45, 2.75) is 0 Å². The zero-order chi connectivity index (χ0) is 4.50. The summed E-state index contributed by atoms with van der Waals surface area (Å²) in [7, 11) is -4.64. The molecule has 0 fully saturated rings. The molecule has 0 saturated carbocycles. The van der Waals surface area contributed by atoms with Crippen molar-refractivity contribution < 1.29 is 48.8 Å². The van der Waals surface area contributed by atoms with Crippen LogP contribution in [0.4, 0.5) is 0 Å². The Balaban J connectivity index is 0. The Morgan fingerprint density at radius 1 is 1.17 bits per heavy atom. The maximum atomic E-state index is 8.88. The summed E-state index contributed by atoms with van der Waals surface area (Å²) in [6.45, 7) is 0. The molecule has 0 saturated heterocycles. The average Bonchev–Trinajstić information content (AvgIpc) is 0.722. The summed E-state index contributed by atoms with van der Waals surface area (Å²) in [6, 6.07) is 0. The molecule has 0 amide bonds. The summed E-state index contributed by atoms with van der Waals surface area (Å²) >= 11 is 0. The van der Waals surface area contributed by atoms with Crippen LogP contribution in [-0.2, 0) is 4.57 Å². The van der Waals surface area contributed by atoms with Crippen LogP contribution < -0.4 is 29.6 Å². The second-order valence-corrected chi connectivity index (χ2v) is 1.54. The molecule has 3 N–H and O–H groups in total. The van der Waals surface area contributed by atoms with Crippen molar-refractivity contribution in [2.24, 2.45) is 0 Å². The summed E-state index contributed by atoms with van der Waals surface area (Å²) in [5.41, 5.74) is 0. The number of hydrogen-bond acceptors (Lipinski definition) is 1. The molecule has 0 aromatic carbocycles. The fraction of sp³-hybridized carbons (Fsp3) is 0. The molecular weight excluding hydrogens is 119 g/mol. The molecule has 0 aliphatic rings. The molecule has 0 aliphatic carbocycles. The van der Waals surface area contributed by atoms with Gasteiger partial charge in [0.1, 0.15) is 0 Å². The molecule has 4 nitrogen and oxygen atoms in total. The Bertz CT molecular complexity index is 53.7. The standard InChI is InChI=1S/Na.H3O4P/c;1-5(2,3)4/h;(H3,1,2,3,4)/q+1;/i;5+1. The van der Waals surface area contributed by atoms with Crippen molar-refractivity contribution in [1.29, 1.82) is 0 Å². The van der Waals surface area contributed by atoms with Crippen molar-refractivity contribution in [3.8, 4) is 0 Å². The monoisotopic (exact) mass is 122 g/mol. The van der Waals surface area contributed by atoms with Gasteiger partial charge in [-0.25, -0.2) is 4.57 Å². The molecular formula is H3NaO4P+. The third kappa shape index (κ3) is 70.1. The van der Waals surface area contributed by atoms with E-state index in [4.69, 9.17) is 19.2 Å². The Labute approximate surface area is 56.7 Å². The van der Waals surface area contributed by atoms with Crippen LogP contribution >= 0.6 is 7.82 Å². The maximum Gasteiger partial charge on any atom is 1.00 e. The van der Waals surface area contributed by atoms with Crippen molar-refractivity contribution in [3.05, 3.63) is 0 Å². The largest absolute Gasteiger partial charge is 1.00 e. The third-order valence-corrected chi connectivity index (χ3v) is 0. The zero-order valence-corrected chi connectivity index (χ0v) is 6.09. The SMILES string of the molecule is O=[32P](O)(O)O.[Na+]. The summed E-state index contributed by atoms with van der Waals surface area (Å²) in [4.78, 5) is 21.6. The molecule has 0 aromatic rings. The van der Waals surface area contributed by atoms with Gasteiger partial charge in [-0.05, 0) is 0 Å². The van der Waals surface area contributed by atoms with E-state index in [1.54, 1.807) is 0 Å².